The number of halogens is 1. The first kappa shape index (κ1) is 22.3. The number of rotatable bonds is 7. The number of carbonyl (C=O) groups is 1. The van der Waals surface area contributed by atoms with E-state index in [0.29, 0.717) is 34.5 Å². The fraction of sp³-hybridized carbons (Fsp3) is 0.167. The zero-order chi connectivity index (χ0) is 23.4. The quantitative estimate of drug-likeness (QED) is 0.359. The first-order valence-corrected chi connectivity index (χ1v) is 10.6. The van der Waals surface area contributed by atoms with E-state index < -0.39 is 0 Å². The van der Waals surface area contributed by atoms with E-state index in [0.717, 1.165) is 22.4 Å². The van der Waals surface area contributed by atoms with Gasteiger partial charge in [-0.1, -0.05) is 29.8 Å². The largest absolute Gasteiger partial charge is 0.469 e. The summed E-state index contributed by atoms with van der Waals surface area (Å²) in [6.07, 6.45) is 2.17. The Labute approximate surface area is 195 Å². The molecule has 33 heavy (non-hydrogen) atoms. The molecule has 2 aromatic carbocycles. The third-order valence-corrected chi connectivity index (χ3v) is 5.23. The van der Waals surface area contributed by atoms with Gasteiger partial charge < -0.3 is 20.2 Å². The molecule has 9 heteroatoms. The van der Waals surface area contributed by atoms with Gasteiger partial charge in [-0.25, -0.2) is 9.97 Å². The van der Waals surface area contributed by atoms with Gasteiger partial charge in [0, 0.05) is 34.3 Å². The maximum absolute atomic E-state index is 11.3. The SMILES string of the molecule is COC(=O)CCc1nc(-c2ccc(Nc3cc(-c4cc(Cl)ccc4C)nc(N)n3)cc2)co1. The molecule has 0 unspecified atom stereocenters. The number of carbonyl (C=O) groups excluding carboxylic acids is 1. The van der Waals surface area contributed by atoms with Crippen molar-refractivity contribution < 1.29 is 13.9 Å². The van der Waals surface area contributed by atoms with Gasteiger partial charge in [-0.15, -0.1) is 0 Å². The van der Waals surface area contributed by atoms with Crippen molar-refractivity contribution in [3.63, 3.8) is 0 Å². The normalized spacial score (nSPS) is 10.8. The number of nitrogens with zero attached hydrogens (tertiary/aromatic N) is 3. The van der Waals surface area contributed by atoms with Crippen LogP contribution in [0.25, 0.3) is 22.5 Å². The topological polar surface area (TPSA) is 116 Å². The maximum Gasteiger partial charge on any atom is 0.306 e. The number of hydrogen-bond acceptors (Lipinski definition) is 8. The number of aromatic nitrogens is 3. The van der Waals surface area contributed by atoms with Gasteiger partial charge in [0.25, 0.3) is 0 Å². The number of benzene rings is 2. The lowest BCUT2D eigenvalue weighted by atomic mass is 10.1. The Bertz CT molecular complexity index is 1290. The van der Waals surface area contributed by atoms with Gasteiger partial charge in [-0.3, -0.25) is 4.79 Å². The molecule has 0 spiro atoms. The second-order valence-electron chi connectivity index (χ2n) is 7.36. The third kappa shape index (κ3) is 5.48. The molecule has 0 bridgehead atoms. The third-order valence-electron chi connectivity index (χ3n) is 4.99. The van der Waals surface area contributed by atoms with E-state index in [1.54, 1.807) is 6.26 Å². The van der Waals surface area contributed by atoms with Gasteiger partial charge in [0.1, 0.15) is 17.8 Å². The Morgan fingerprint density at radius 2 is 1.88 bits per heavy atom. The molecule has 0 amide bonds. The lowest BCUT2D eigenvalue weighted by molar-refractivity contribution is -0.140. The smallest absolute Gasteiger partial charge is 0.306 e. The molecule has 0 radical (unpaired) electrons. The summed E-state index contributed by atoms with van der Waals surface area (Å²) in [4.78, 5) is 24.4. The molecule has 0 fully saturated rings. The van der Waals surface area contributed by atoms with Gasteiger partial charge >= 0.3 is 5.97 Å². The molecule has 0 saturated carbocycles. The summed E-state index contributed by atoms with van der Waals surface area (Å²) in [7, 11) is 1.36. The molecule has 8 nitrogen and oxygen atoms in total. The summed E-state index contributed by atoms with van der Waals surface area (Å²) < 4.78 is 10.1. The number of nitrogen functional groups attached to an aromatic ring is 1. The molecule has 0 saturated heterocycles. The Hall–Kier alpha value is -3.91. The monoisotopic (exact) mass is 463 g/mol. The molecule has 2 aromatic heterocycles. The fourth-order valence-electron chi connectivity index (χ4n) is 3.28. The van der Waals surface area contributed by atoms with Crippen molar-refractivity contribution in [3.8, 4) is 22.5 Å². The molecule has 168 valence electrons. The minimum atomic E-state index is -0.302. The highest BCUT2D eigenvalue weighted by atomic mass is 35.5. The lowest BCUT2D eigenvalue weighted by Gasteiger charge is -2.11. The average Bonchev–Trinajstić information content (AvgIpc) is 3.28. The summed E-state index contributed by atoms with van der Waals surface area (Å²) in [5, 5.41) is 3.88. The summed E-state index contributed by atoms with van der Waals surface area (Å²) in [6, 6.07) is 15.1. The van der Waals surface area contributed by atoms with Crippen LogP contribution in [0.2, 0.25) is 5.02 Å². The number of hydrogen-bond donors (Lipinski definition) is 2. The number of methoxy groups -OCH3 is 1. The second-order valence-corrected chi connectivity index (χ2v) is 7.80. The van der Waals surface area contributed by atoms with E-state index >= 15 is 0 Å². The molecule has 2 heterocycles. The summed E-state index contributed by atoms with van der Waals surface area (Å²) in [5.74, 6) is 0.909. The fourth-order valence-corrected chi connectivity index (χ4v) is 3.45. The molecule has 0 aliphatic rings. The van der Waals surface area contributed by atoms with Crippen molar-refractivity contribution in [2.75, 3.05) is 18.2 Å². The van der Waals surface area contributed by atoms with Crippen molar-refractivity contribution in [1.82, 2.24) is 15.0 Å². The number of anilines is 3. The minimum absolute atomic E-state index is 0.160. The van der Waals surface area contributed by atoms with Gasteiger partial charge in [0.15, 0.2) is 5.89 Å². The predicted molar refractivity (Wildman–Crippen MR) is 127 cm³/mol. The molecule has 4 rings (SSSR count). The van der Waals surface area contributed by atoms with E-state index in [1.807, 2.05) is 55.5 Å². The lowest BCUT2D eigenvalue weighted by Crippen LogP contribution is -2.02. The first-order chi connectivity index (χ1) is 15.9. The van der Waals surface area contributed by atoms with Crippen LogP contribution >= 0.6 is 11.6 Å². The van der Waals surface area contributed by atoms with Crippen LogP contribution in [0.15, 0.2) is 59.2 Å². The van der Waals surface area contributed by atoms with Gasteiger partial charge in [0.2, 0.25) is 5.95 Å². The molecule has 0 aliphatic carbocycles. The Balaban J connectivity index is 1.50. The molecular formula is C24H22ClN5O3. The van der Waals surface area contributed by atoms with Crippen LogP contribution in [0.4, 0.5) is 17.5 Å². The van der Waals surface area contributed by atoms with Crippen LogP contribution in [0.5, 0.6) is 0 Å². The zero-order valence-electron chi connectivity index (χ0n) is 18.1. The van der Waals surface area contributed by atoms with Crippen molar-refractivity contribution in [1.29, 1.82) is 0 Å². The molecule has 0 atom stereocenters. The average molecular weight is 464 g/mol. The van der Waals surface area contributed by atoms with E-state index in [9.17, 15) is 4.79 Å². The second kappa shape index (κ2) is 9.70. The van der Waals surface area contributed by atoms with Crippen molar-refractivity contribution >= 4 is 35.0 Å². The standard InChI is InChI=1S/C24H22ClN5O3/c1-14-3-6-16(25)11-18(14)19-12-21(30-24(26)29-19)27-17-7-4-15(5-8-17)20-13-33-22(28-20)9-10-23(31)32-2/h3-8,11-13H,9-10H2,1-2H3,(H3,26,27,29,30). The van der Waals surface area contributed by atoms with Crippen LogP contribution in [0.3, 0.4) is 0 Å². The summed E-state index contributed by atoms with van der Waals surface area (Å²) in [5.41, 5.74) is 10.9. The number of nitrogens with one attached hydrogen (secondary N) is 1. The van der Waals surface area contributed by atoms with E-state index in [-0.39, 0.29) is 18.3 Å². The Kier molecular flexibility index (Phi) is 6.55. The molecular weight excluding hydrogens is 442 g/mol. The number of ether oxygens (including phenoxy) is 1. The number of oxazole rings is 1. The minimum Gasteiger partial charge on any atom is -0.469 e. The van der Waals surface area contributed by atoms with Crippen molar-refractivity contribution in [2.45, 2.75) is 19.8 Å². The van der Waals surface area contributed by atoms with E-state index in [4.69, 9.17) is 21.8 Å². The number of esters is 1. The van der Waals surface area contributed by atoms with Crippen LogP contribution in [0.1, 0.15) is 17.9 Å². The summed E-state index contributed by atoms with van der Waals surface area (Å²) in [6.45, 7) is 1.99. The van der Waals surface area contributed by atoms with Crippen molar-refractivity contribution in [2.24, 2.45) is 0 Å². The van der Waals surface area contributed by atoms with Crippen LogP contribution < -0.4 is 11.1 Å². The van der Waals surface area contributed by atoms with Gasteiger partial charge in [-0.2, -0.15) is 4.98 Å². The van der Waals surface area contributed by atoms with Crippen LogP contribution in [-0.4, -0.2) is 28.0 Å². The van der Waals surface area contributed by atoms with Gasteiger partial charge in [-0.05, 0) is 36.8 Å². The maximum atomic E-state index is 11.3. The van der Waals surface area contributed by atoms with Crippen molar-refractivity contribution in [3.05, 3.63) is 71.3 Å². The molecule has 0 aliphatic heterocycles. The molecule has 4 aromatic rings. The van der Waals surface area contributed by atoms with Crippen LogP contribution in [0, 0.1) is 6.92 Å². The molecule has 3 N–H and O–H groups in total. The Morgan fingerprint density at radius 3 is 2.64 bits per heavy atom. The summed E-state index contributed by atoms with van der Waals surface area (Å²) >= 11 is 6.16. The highest BCUT2D eigenvalue weighted by Crippen LogP contribution is 2.28. The Morgan fingerprint density at radius 1 is 1.09 bits per heavy atom. The number of nitrogens with two attached hydrogens (primary N) is 1. The predicted octanol–water partition coefficient (Wildman–Crippen LogP) is 5.19. The van der Waals surface area contributed by atoms with Crippen LogP contribution in [-0.2, 0) is 16.0 Å². The first-order valence-electron chi connectivity index (χ1n) is 10.2. The van der Waals surface area contributed by atoms with Gasteiger partial charge in [0.05, 0.1) is 19.2 Å². The number of aryl methyl sites for hydroxylation is 2. The van der Waals surface area contributed by atoms with E-state index in [1.165, 1.54) is 7.11 Å². The zero-order valence-corrected chi connectivity index (χ0v) is 18.9. The highest BCUT2D eigenvalue weighted by molar-refractivity contribution is 6.30. The van der Waals surface area contributed by atoms with E-state index in [2.05, 4.69) is 25.0 Å². The highest BCUT2D eigenvalue weighted by Gasteiger charge is 2.11.